The molecule has 1 fully saturated rings. The molecular weight excluding hydrogens is 665 g/mol. The zero-order valence-corrected chi connectivity index (χ0v) is 24.8. The third-order valence-corrected chi connectivity index (χ3v) is 6.61. The summed E-state index contributed by atoms with van der Waals surface area (Å²) < 4.78 is 93.1. The van der Waals surface area contributed by atoms with Crippen molar-refractivity contribution in [3.63, 3.8) is 0 Å². The van der Waals surface area contributed by atoms with Crippen molar-refractivity contribution in [3.8, 4) is 0 Å². The van der Waals surface area contributed by atoms with E-state index in [-0.39, 0.29) is 29.6 Å². The second-order valence-corrected chi connectivity index (χ2v) is 13.5. The Kier molecular flexibility index (Phi) is 13.9. The summed E-state index contributed by atoms with van der Waals surface area (Å²) >= 11 is 0. The van der Waals surface area contributed by atoms with E-state index in [0.29, 0.717) is 0 Å². The van der Waals surface area contributed by atoms with Gasteiger partial charge in [0.25, 0.3) is 0 Å². The molecule has 0 aliphatic heterocycles. The molecule has 1 aliphatic rings. The van der Waals surface area contributed by atoms with Crippen LogP contribution in [0.4, 0.5) is 0 Å². The van der Waals surface area contributed by atoms with E-state index >= 15 is 0 Å². The van der Waals surface area contributed by atoms with Gasteiger partial charge in [-0.1, -0.05) is 0 Å². The van der Waals surface area contributed by atoms with Crippen molar-refractivity contribution >= 4 is 76.5 Å². The number of hydrogen-bond acceptors (Lipinski definition) is 12. The molecule has 0 spiro atoms. The summed E-state index contributed by atoms with van der Waals surface area (Å²) in [5.41, 5.74) is 0. The number of phosphoric ester groups is 6. The van der Waals surface area contributed by atoms with Gasteiger partial charge >= 0.3 is 46.9 Å². The van der Waals surface area contributed by atoms with Gasteiger partial charge in [0.1, 0.15) is 36.6 Å². The van der Waals surface area contributed by atoms with Crippen molar-refractivity contribution < 1.29 is 113 Å². The minimum Gasteiger partial charge on any atom is -0.303 e. The van der Waals surface area contributed by atoms with Gasteiger partial charge in [-0.25, -0.2) is 27.4 Å². The maximum atomic E-state index is 11.4. The van der Waals surface area contributed by atoms with Gasteiger partial charge in [-0.05, 0) is 0 Å². The van der Waals surface area contributed by atoms with Gasteiger partial charge in [0.2, 0.25) is 0 Å². The Hall–Kier alpha value is 1.66. The van der Waals surface area contributed by atoms with Gasteiger partial charge in [-0.2, -0.15) is 0 Å². The first-order valence-corrected chi connectivity index (χ1v) is 17.2. The molecule has 0 amide bonds. The number of rotatable bonds is 12. The second-order valence-electron chi connectivity index (χ2n) is 6.36. The molecule has 0 heterocycles. The molecule has 31 heteroatoms. The van der Waals surface area contributed by atoms with Crippen LogP contribution in [0.3, 0.4) is 0 Å². The average molecular weight is 683 g/mol. The van der Waals surface area contributed by atoms with E-state index < -0.39 is 83.6 Å². The predicted octanol–water partition coefficient (Wildman–Crippen LogP) is -3.51. The first-order valence-electron chi connectivity index (χ1n) is 8.01. The fourth-order valence-electron chi connectivity index (χ4n) is 2.79. The molecule has 0 aromatic carbocycles. The van der Waals surface area contributed by atoms with Crippen molar-refractivity contribution in [1.82, 2.24) is 0 Å². The van der Waals surface area contributed by atoms with Crippen LogP contribution in [0, 0.1) is 0 Å². The summed E-state index contributed by atoms with van der Waals surface area (Å²) in [5.74, 6) is 0. The molecule has 24 nitrogen and oxygen atoms in total. The summed E-state index contributed by atoms with van der Waals surface area (Å²) in [7, 11) is -36.1. The first kappa shape index (κ1) is 38.7. The van der Waals surface area contributed by atoms with E-state index in [4.69, 9.17) is 58.7 Å². The second kappa shape index (κ2) is 13.3. The van der Waals surface area contributed by atoms with Crippen molar-refractivity contribution in [1.29, 1.82) is 0 Å². The number of phosphoric acid groups is 6. The smallest absolute Gasteiger partial charge is 0.303 e. The third-order valence-electron chi connectivity index (χ3n) is 3.50. The zero-order valence-electron chi connectivity index (χ0n) is 17.4. The monoisotopic (exact) mass is 683 g/mol. The first-order chi connectivity index (χ1) is 15.6. The van der Waals surface area contributed by atoms with Gasteiger partial charge in [-0.3, -0.25) is 27.1 Å². The van der Waals surface area contributed by atoms with Crippen molar-refractivity contribution in [2.45, 2.75) is 36.6 Å². The summed E-state index contributed by atoms with van der Waals surface area (Å²) in [5, 5.41) is 0. The van der Waals surface area contributed by atoms with Crippen molar-refractivity contribution in [2.24, 2.45) is 0 Å². The minimum absolute atomic E-state index is 0. The Morgan fingerprint density at radius 1 is 0.297 bits per heavy atom. The van der Waals surface area contributed by atoms with Crippen LogP contribution in [-0.2, 0) is 54.5 Å². The van der Waals surface area contributed by atoms with E-state index in [1.165, 1.54) is 0 Å². The van der Waals surface area contributed by atoms with Crippen LogP contribution in [0.1, 0.15) is 0 Å². The van der Waals surface area contributed by atoms with Crippen LogP contribution in [0.2, 0.25) is 0 Å². The van der Waals surface area contributed by atoms with Crippen LogP contribution in [0.15, 0.2) is 0 Å². The molecule has 12 N–H and O–H groups in total. The molecule has 217 valence electrons. The van der Waals surface area contributed by atoms with Gasteiger partial charge in [-0.15, -0.1) is 0 Å². The molecule has 37 heavy (non-hydrogen) atoms. The third kappa shape index (κ3) is 15.5. The van der Waals surface area contributed by atoms with E-state index in [2.05, 4.69) is 27.1 Å². The summed E-state index contributed by atoms with van der Waals surface area (Å²) in [6.07, 6.45) is -18.9. The maximum absolute atomic E-state index is 11.4. The van der Waals surface area contributed by atoms with Gasteiger partial charge < -0.3 is 58.7 Å². The predicted molar refractivity (Wildman–Crippen MR) is 107 cm³/mol. The normalized spacial score (nSPS) is 28.5. The topological polar surface area (TPSA) is 401 Å². The fraction of sp³-hybridized carbons (Fsp3) is 1.00. The Balaban J connectivity index is 0.0000130. The van der Waals surface area contributed by atoms with E-state index in [0.717, 1.165) is 0 Å². The van der Waals surface area contributed by atoms with Gasteiger partial charge in [0.15, 0.2) is 0 Å². The SMILES string of the molecule is O=P(O)(O)OC1C(OP(=O)(O)O)C(OP(=O)(O)O)C(OP(=O)(O)O)C(OP(=O)(O)O)C1OP(=O)(O)O.[Na]. The summed E-state index contributed by atoms with van der Waals surface area (Å²) in [4.78, 5) is 110. The molecule has 1 saturated carbocycles. The average Bonchev–Trinajstić information content (AvgIpc) is 2.51. The molecule has 0 atom stereocenters. The molecule has 0 saturated heterocycles. The molecule has 1 radical (unpaired) electrons. The Labute approximate surface area is 225 Å². The largest absolute Gasteiger partial charge is 0.470 e. The summed E-state index contributed by atoms with van der Waals surface area (Å²) in [6.45, 7) is 0. The van der Waals surface area contributed by atoms with E-state index in [1.807, 2.05) is 0 Å². The molecular formula is C6H18NaO24P6. The van der Waals surface area contributed by atoms with Gasteiger partial charge in [0.05, 0.1) is 0 Å². The van der Waals surface area contributed by atoms with E-state index in [1.54, 1.807) is 0 Å². The number of hydrogen-bond donors (Lipinski definition) is 12. The van der Waals surface area contributed by atoms with Crippen molar-refractivity contribution in [3.05, 3.63) is 0 Å². The Morgan fingerprint density at radius 3 is 0.432 bits per heavy atom. The van der Waals surface area contributed by atoms with Crippen LogP contribution in [0.5, 0.6) is 0 Å². The van der Waals surface area contributed by atoms with Crippen LogP contribution in [0.25, 0.3) is 0 Å². The van der Waals surface area contributed by atoms with Crippen LogP contribution < -0.4 is 0 Å². The molecule has 1 rings (SSSR count). The fourth-order valence-corrected chi connectivity index (χ4v) is 6.14. The van der Waals surface area contributed by atoms with E-state index in [9.17, 15) is 27.4 Å². The molecule has 0 unspecified atom stereocenters. The maximum Gasteiger partial charge on any atom is 0.470 e. The molecule has 0 bridgehead atoms. The summed E-state index contributed by atoms with van der Waals surface area (Å²) in [6, 6.07) is 0. The molecule has 0 aromatic heterocycles. The van der Waals surface area contributed by atoms with Crippen molar-refractivity contribution in [2.75, 3.05) is 0 Å². The quantitative estimate of drug-likeness (QED) is 0.0700. The molecule has 0 aromatic rings. The Morgan fingerprint density at radius 2 is 0.378 bits per heavy atom. The van der Waals surface area contributed by atoms with Crippen LogP contribution >= 0.6 is 46.9 Å². The standard InChI is InChI=1S/C6H18O24P6.Na/c7-31(8,9)25-1-2(26-32(10,11)12)4(28-34(16,17)18)6(30-36(22,23)24)5(29-35(19,20)21)3(1)27-33(13,14)15;/h1-6H,(H2,7,8,9)(H2,10,11,12)(H2,13,14,15)(H2,16,17,18)(H2,19,20,21)(H2,22,23,24);. The van der Waals surface area contributed by atoms with Gasteiger partial charge in [0, 0.05) is 29.6 Å². The Bertz CT molecular complexity index is 824. The minimum atomic E-state index is -6.02. The molecule has 1 aliphatic carbocycles. The zero-order chi connectivity index (χ0) is 28.7. The van der Waals surface area contributed by atoms with Crippen LogP contribution in [-0.4, -0.2) is 125 Å².